The molecule has 1 heterocycles. The minimum Gasteiger partial charge on any atom is -0.264 e. The summed E-state index contributed by atoms with van der Waals surface area (Å²) in [5.41, 5.74) is 18.6. The monoisotopic (exact) mass is 759 g/mol. The molecule has 0 aliphatic heterocycles. The summed E-state index contributed by atoms with van der Waals surface area (Å²) in [7, 11) is 0. The second kappa shape index (κ2) is 13.1. The predicted molar refractivity (Wildman–Crippen MR) is 254 cm³/mol. The van der Waals surface area contributed by atoms with Crippen molar-refractivity contribution in [3.8, 4) is 22.3 Å². The van der Waals surface area contributed by atoms with Crippen LogP contribution in [0, 0.1) is 5.92 Å². The van der Waals surface area contributed by atoms with Crippen molar-refractivity contribution in [2.45, 2.75) is 64.2 Å². The van der Waals surface area contributed by atoms with Gasteiger partial charge in [0.25, 0.3) is 0 Å². The minimum atomic E-state index is -0.0767. The van der Waals surface area contributed by atoms with Crippen LogP contribution in [-0.2, 0) is 10.8 Å². The topological polar surface area (TPSA) is 12.9 Å². The van der Waals surface area contributed by atoms with Gasteiger partial charge in [0.05, 0.1) is 0 Å². The van der Waals surface area contributed by atoms with Gasteiger partial charge in [-0.3, -0.25) is 4.98 Å². The van der Waals surface area contributed by atoms with Crippen LogP contribution in [0.3, 0.4) is 0 Å². The fraction of sp³-hybridized carbons (Fsp3) is 0.190. The van der Waals surface area contributed by atoms with Gasteiger partial charge >= 0.3 is 0 Å². The van der Waals surface area contributed by atoms with Crippen molar-refractivity contribution in [3.63, 3.8) is 0 Å². The molecule has 0 N–H and O–H groups in total. The average Bonchev–Trinajstić information content (AvgIpc) is 3.64. The molecule has 0 fully saturated rings. The summed E-state index contributed by atoms with van der Waals surface area (Å²) >= 11 is 0. The third-order valence-electron chi connectivity index (χ3n) is 14.4. The summed E-state index contributed by atoms with van der Waals surface area (Å²) < 4.78 is 0. The molecule has 7 aromatic rings. The number of pyridine rings is 1. The molecule has 1 nitrogen and oxygen atoms in total. The van der Waals surface area contributed by atoms with E-state index >= 15 is 0 Å². The second-order valence-electron chi connectivity index (χ2n) is 18.1. The first kappa shape index (κ1) is 35.8. The normalized spacial score (nSPS) is 19.6. The van der Waals surface area contributed by atoms with Crippen molar-refractivity contribution in [1.29, 1.82) is 0 Å². The molecule has 1 heteroatoms. The number of aromatic nitrogens is 1. The molecule has 0 saturated heterocycles. The molecule has 4 aliphatic rings. The summed E-state index contributed by atoms with van der Waals surface area (Å²) in [6.07, 6.45) is 24.4. The molecular formula is C58H49N. The Morgan fingerprint density at radius 3 is 2.34 bits per heavy atom. The summed E-state index contributed by atoms with van der Waals surface area (Å²) in [6.45, 7) is 16.4. The Kier molecular flexibility index (Phi) is 7.95. The Balaban J connectivity index is 1.28. The Hall–Kier alpha value is -6.31. The van der Waals surface area contributed by atoms with Crippen LogP contribution in [0.1, 0.15) is 92.3 Å². The molecule has 286 valence electrons. The zero-order chi connectivity index (χ0) is 40.2. The van der Waals surface area contributed by atoms with Crippen molar-refractivity contribution < 1.29 is 0 Å². The first-order valence-electron chi connectivity index (χ1n) is 21.4. The van der Waals surface area contributed by atoms with Gasteiger partial charge in [-0.2, -0.15) is 0 Å². The fourth-order valence-electron chi connectivity index (χ4n) is 11.7. The maximum Gasteiger partial charge on any atom is 0.0352 e. The lowest BCUT2D eigenvalue weighted by Gasteiger charge is -2.29. The van der Waals surface area contributed by atoms with Gasteiger partial charge in [-0.05, 0) is 149 Å². The third kappa shape index (κ3) is 5.07. The molecule has 6 aromatic carbocycles. The maximum absolute atomic E-state index is 4.73. The van der Waals surface area contributed by atoms with Gasteiger partial charge in [-0.15, -0.1) is 0 Å². The third-order valence-corrected chi connectivity index (χ3v) is 14.4. The zero-order valence-corrected chi connectivity index (χ0v) is 34.7. The standard InChI is InChI=1S/C58H49N/c1-7-16-43-39(8-2)53(46-21-15-24-51-54(46)45-20-12-14-23-50(45)57(51,3)4)47-32-35(36-25-27-42-41-19-11-13-22-49(41)58(5,6)52(42)33-36)26-28-44(47)56(43)55-40-18-10-9-17-37(40)31-38-29-30-59-34-48(38)55/h7-14,16-20,22-34,41,49H,2,15,21H2,1,3-6H3/b16-7-. The highest BCUT2D eigenvalue weighted by atomic mass is 14.6. The molecule has 0 radical (unpaired) electrons. The van der Waals surface area contributed by atoms with E-state index in [0.717, 1.165) is 18.2 Å². The molecule has 11 rings (SSSR count). The molecule has 0 amide bonds. The molecule has 2 atom stereocenters. The van der Waals surface area contributed by atoms with E-state index in [9.17, 15) is 0 Å². The molecule has 4 aliphatic carbocycles. The van der Waals surface area contributed by atoms with Gasteiger partial charge in [0.15, 0.2) is 0 Å². The Morgan fingerprint density at radius 2 is 1.47 bits per heavy atom. The summed E-state index contributed by atoms with van der Waals surface area (Å²) in [6, 6.07) is 37.0. The van der Waals surface area contributed by atoms with Crippen LogP contribution in [0.15, 0.2) is 158 Å². The van der Waals surface area contributed by atoms with E-state index < -0.39 is 0 Å². The zero-order valence-electron chi connectivity index (χ0n) is 34.7. The summed E-state index contributed by atoms with van der Waals surface area (Å²) in [5, 5.41) is 7.33. The van der Waals surface area contributed by atoms with Crippen molar-refractivity contribution in [3.05, 3.63) is 197 Å². The van der Waals surface area contributed by atoms with Crippen LogP contribution in [0.5, 0.6) is 0 Å². The first-order valence-corrected chi connectivity index (χ1v) is 21.4. The number of hydrogen-bond acceptors (Lipinski definition) is 1. The lowest BCUT2D eigenvalue weighted by atomic mass is 9.74. The van der Waals surface area contributed by atoms with Crippen molar-refractivity contribution in [2.24, 2.45) is 5.92 Å². The van der Waals surface area contributed by atoms with E-state index in [-0.39, 0.29) is 10.8 Å². The Bertz CT molecular complexity index is 3080. The largest absolute Gasteiger partial charge is 0.264 e. The van der Waals surface area contributed by atoms with Crippen LogP contribution >= 0.6 is 0 Å². The van der Waals surface area contributed by atoms with Crippen molar-refractivity contribution in [2.75, 3.05) is 0 Å². The smallest absolute Gasteiger partial charge is 0.0352 e. The maximum atomic E-state index is 4.73. The van der Waals surface area contributed by atoms with Gasteiger partial charge in [0, 0.05) is 34.7 Å². The van der Waals surface area contributed by atoms with E-state index in [1.807, 2.05) is 6.20 Å². The molecule has 0 bridgehead atoms. The Morgan fingerprint density at radius 1 is 0.695 bits per heavy atom. The van der Waals surface area contributed by atoms with Crippen LogP contribution in [0.4, 0.5) is 0 Å². The fourth-order valence-corrected chi connectivity index (χ4v) is 11.7. The lowest BCUT2D eigenvalue weighted by Crippen LogP contribution is -2.24. The average molecular weight is 760 g/mol. The molecule has 59 heavy (non-hydrogen) atoms. The minimum absolute atomic E-state index is 0.0350. The van der Waals surface area contributed by atoms with Crippen molar-refractivity contribution >= 4 is 55.6 Å². The first-order chi connectivity index (χ1) is 28.7. The number of hydrogen-bond donors (Lipinski definition) is 0. The van der Waals surface area contributed by atoms with E-state index in [1.54, 1.807) is 0 Å². The lowest BCUT2D eigenvalue weighted by molar-refractivity contribution is 0.394. The van der Waals surface area contributed by atoms with E-state index in [0.29, 0.717) is 11.8 Å². The predicted octanol–water partition coefficient (Wildman–Crippen LogP) is 15.6. The second-order valence-corrected chi connectivity index (χ2v) is 18.1. The van der Waals surface area contributed by atoms with Gasteiger partial charge in [0.2, 0.25) is 0 Å². The number of nitrogens with zero attached hydrogens (tertiary/aromatic N) is 1. The van der Waals surface area contributed by atoms with Crippen molar-refractivity contribution in [1.82, 2.24) is 4.98 Å². The quantitative estimate of drug-likeness (QED) is 0.159. The van der Waals surface area contributed by atoms with E-state index in [2.05, 4.69) is 193 Å². The highest BCUT2D eigenvalue weighted by Gasteiger charge is 2.45. The number of allylic oxidation sites excluding steroid dienone is 9. The SMILES string of the molecule is C=Cc1c(/C=C\C)c(-c2c3ccccc3cc3ccncc23)c2ccc(-c3ccc4c(c3)C(C)(C)C3C=CC=CC43)cc2c1C1=C2C(=CCC1)C(C)(C)c1ccccc12. The molecule has 1 aromatic heterocycles. The summed E-state index contributed by atoms with van der Waals surface area (Å²) in [4.78, 5) is 4.73. The van der Waals surface area contributed by atoms with Gasteiger partial charge in [0.1, 0.15) is 0 Å². The summed E-state index contributed by atoms with van der Waals surface area (Å²) in [5.74, 6) is 0.893. The van der Waals surface area contributed by atoms with Gasteiger partial charge in [-0.1, -0.05) is 162 Å². The Labute approximate surface area is 348 Å². The van der Waals surface area contributed by atoms with Gasteiger partial charge < -0.3 is 0 Å². The number of rotatable bonds is 5. The van der Waals surface area contributed by atoms with Gasteiger partial charge in [-0.25, -0.2) is 0 Å². The molecule has 0 spiro atoms. The van der Waals surface area contributed by atoms with Crippen LogP contribution in [0.2, 0.25) is 0 Å². The molecule has 2 unspecified atom stereocenters. The number of benzene rings is 6. The van der Waals surface area contributed by atoms with E-state index in [4.69, 9.17) is 4.98 Å². The highest BCUT2D eigenvalue weighted by Crippen LogP contribution is 2.58. The van der Waals surface area contributed by atoms with Crippen LogP contribution in [-0.4, -0.2) is 4.98 Å². The molecule has 0 saturated carbocycles. The highest BCUT2D eigenvalue weighted by molar-refractivity contribution is 6.22. The molecular weight excluding hydrogens is 711 g/mol. The van der Waals surface area contributed by atoms with Crippen LogP contribution in [0.25, 0.3) is 77.9 Å². The van der Waals surface area contributed by atoms with Crippen LogP contribution < -0.4 is 0 Å². The van der Waals surface area contributed by atoms with E-state index in [1.165, 1.54) is 105 Å². The number of fused-ring (bicyclic) bond motifs is 9.